The quantitative estimate of drug-likeness (QED) is 0.808. The monoisotopic (exact) mass is 283 g/mol. The summed E-state index contributed by atoms with van der Waals surface area (Å²) in [5.41, 5.74) is 0.591. The first-order valence-electron chi connectivity index (χ1n) is 5.53. The summed E-state index contributed by atoms with van der Waals surface area (Å²) < 4.78 is 67.0. The van der Waals surface area contributed by atoms with Crippen molar-refractivity contribution in [2.24, 2.45) is 0 Å². The zero-order chi connectivity index (χ0) is 14.6. The molecule has 1 unspecified atom stereocenters. The molecule has 0 aliphatic rings. The third-order valence-electron chi connectivity index (χ3n) is 2.63. The number of rotatable bonds is 6. The number of ether oxygens (including phenoxy) is 1. The van der Waals surface area contributed by atoms with Crippen molar-refractivity contribution >= 4 is 0 Å². The molecule has 0 heterocycles. The number of nitrogens with one attached hydrogen (secondary N) is 1. The van der Waals surface area contributed by atoms with Gasteiger partial charge in [-0.05, 0) is 31.7 Å². The van der Waals surface area contributed by atoms with Gasteiger partial charge in [-0.1, -0.05) is 6.07 Å². The minimum atomic E-state index is -4.30. The maximum absolute atomic E-state index is 13.5. The molecule has 0 radical (unpaired) electrons. The molecule has 0 saturated carbocycles. The molecule has 0 amide bonds. The minimum Gasteiger partial charge on any atom is -0.484 e. The number of halogens is 5. The van der Waals surface area contributed by atoms with Crippen LogP contribution in [0.15, 0.2) is 18.2 Å². The molecule has 1 atom stereocenters. The third kappa shape index (κ3) is 4.05. The number of hydrogen-bond donors (Lipinski definition) is 1. The molecule has 0 aromatic heterocycles. The Morgan fingerprint density at radius 3 is 2.42 bits per heavy atom. The Balaban J connectivity index is 2.76. The Morgan fingerprint density at radius 1 is 1.32 bits per heavy atom. The van der Waals surface area contributed by atoms with Crippen LogP contribution in [0.5, 0.6) is 5.75 Å². The molecule has 19 heavy (non-hydrogen) atoms. The van der Waals surface area contributed by atoms with Crippen molar-refractivity contribution in [3.63, 3.8) is 0 Å². The SMILES string of the molecule is CNC(C)c1ccc(OCC(F)(F)C(F)F)c(F)c1. The summed E-state index contributed by atoms with van der Waals surface area (Å²) in [6.45, 7) is 0.211. The molecule has 0 fully saturated rings. The maximum Gasteiger partial charge on any atom is 0.340 e. The summed E-state index contributed by atoms with van der Waals surface area (Å²) in [5.74, 6) is -5.65. The Morgan fingerprint density at radius 2 is 1.95 bits per heavy atom. The molecule has 108 valence electrons. The van der Waals surface area contributed by atoms with Crippen LogP contribution in [0.2, 0.25) is 0 Å². The molecular weight excluding hydrogens is 269 g/mol. The molecule has 0 aliphatic carbocycles. The van der Waals surface area contributed by atoms with Crippen molar-refractivity contribution in [1.82, 2.24) is 5.32 Å². The van der Waals surface area contributed by atoms with Crippen LogP contribution >= 0.6 is 0 Å². The second-order valence-electron chi connectivity index (χ2n) is 4.05. The van der Waals surface area contributed by atoms with Gasteiger partial charge in [-0.15, -0.1) is 0 Å². The molecule has 0 aliphatic heterocycles. The van der Waals surface area contributed by atoms with Crippen molar-refractivity contribution in [2.45, 2.75) is 25.3 Å². The zero-order valence-electron chi connectivity index (χ0n) is 10.4. The van der Waals surface area contributed by atoms with E-state index in [1.165, 1.54) is 6.07 Å². The summed E-state index contributed by atoms with van der Waals surface area (Å²) >= 11 is 0. The molecule has 0 bridgehead atoms. The van der Waals surface area contributed by atoms with Crippen LogP contribution in [0.4, 0.5) is 22.0 Å². The first-order chi connectivity index (χ1) is 8.77. The van der Waals surface area contributed by atoms with Crippen molar-refractivity contribution < 1.29 is 26.7 Å². The first-order valence-corrected chi connectivity index (χ1v) is 5.53. The zero-order valence-corrected chi connectivity index (χ0v) is 10.4. The summed E-state index contributed by atoms with van der Waals surface area (Å²) in [7, 11) is 1.68. The standard InChI is InChI=1S/C12H14F5NO/c1-7(18-2)8-3-4-10(9(13)5-8)19-6-12(16,17)11(14)15/h3-5,7,11,18H,6H2,1-2H3. The molecule has 1 aromatic carbocycles. The summed E-state index contributed by atoms with van der Waals surface area (Å²) in [6, 6.07) is 3.59. The number of alkyl halides is 4. The van der Waals surface area contributed by atoms with Gasteiger partial charge in [0.15, 0.2) is 18.2 Å². The fraction of sp³-hybridized carbons (Fsp3) is 0.500. The molecule has 1 rings (SSSR count). The van der Waals surface area contributed by atoms with Gasteiger partial charge in [-0.3, -0.25) is 0 Å². The fourth-order valence-corrected chi connectivity index (χ4v) is 1.31. The predicted molar refractivity (Wildman–Crippen MR) is 60.3 cm³/mol. The molecule has 1 aromatic rings. The molecular formula is C12H14F5NO. The van der Waals surface area contributed by atoms with Gasteiger partial charge in [-0.2, -0.15) is 8.78 Å². The van der Waals surface area contributed by atoms with E-state index in [0.29, 0.717) is 5.56 Å². The van der Waals surface area contributed by atoms with Crippen molar-refractivity contribution in [3.05, 3.63) is 29.6 Å². The lowest BCUT2D eigenvalue weighted by Crippen LogP contribution is -2.33. The van der Waals surface area contributed by atoms with E-state index in [9.17, 15) is 22.0 Å². The predicted octanol–water partition coefficient (Wildman–Crippen LogP) is 3.39. The van der Waals surface area contributed by atoms with E-state index in [1.54, 1.807) is 14.0 Å². The Hall–Kier alpha value is -1.37. The number of benzene rings is 1. The van der Waals surface area contributed by atoms with Crippen molar-refractivity contribution in [3.8, 4) is 5.75 Å². The minimum absolute atomic E-state index is 0.133. The molecule has 0 saturated heterocycles. The average Bonchev–Trinajstić information content (AvgIpc) is 2.36. The van der Waals surface area contributed by atoms with E-state index in [-0.39, 0.29) is 6.04 Å². The molecule has 7 heteroatoms. The van der Waals surface area contributed by atoms with Gasteiger partial charge in [0.1, 0.15) is 0 Å². The van der Waals surface area contributed by atoms with Crippen LogP contribution in [-0.4, -0.2) is 26.0 Å². The topological polar surface area (TPSA) is 21.3 Å². The lowest BCUT2D eigenvalue weighted by Gasteiger charge is -2.17. The van der Waals surface area contributed by atoms with Gasteiger partial charge >= 0.3 is 12.3 Å². The summed E-state index contributed by atoms with van der Waals surface area (Å²) in [4.78, 5) is 0. The van der Waals surface area contributed by atoms with Crippen molar-refractivity contribution in [2.75, 3.05) is 13.7 Å². The van der Waals surface area contributed by atoms with Gasteiger partial charge in [-0.25, -0.2) is 13.2 Å². The van der Waals surface area contributed by atoms with E-state index in [1.807, 2.05) is 0 Å². The van der Waals surface area contributed by atoms with Gasteiger partial charge < -0.3 is 10.1 Å². The smallest absolute Gasteiger partial charge is 0.340 e. The van der Waals surface area contributed by atoms with Crippen LogP contribution in [0.25, 0.3) is 0 Å². The largest absolute Gasteiger partial charge is 0.484 e. The number of hydrogen-bond acceptors (Lipinski definition) is 2. The molecule has 2 nitrogen and oxygen atoms in total. The normalized spacial score (nSPS) is 13.7. The fourth-order valence-electron chi connectivity index (χ4n) is 1.31. The van der Waals surface area contributed by atoms with E-state index in [0.717, 1.165) is 12.1 Å². The Kier molecular flexibility index (Phi) is 5.11. The van der Waals surface area contributed by atoms with Crippen LogP contribution in [0.1, 0.15) is 18.5 Å². The van der Waals surface area contributed by atoms with E-state index in [2.05, 4.69) is 10.1 Å². The van der Waals surface area contributed by atoms with Gasteiger partial charge in [0, 0.05) is 6.04 Å². The van der Waals surface area contributed by atoms with Gasteiger partial charge in [0.2, 0.25) is 0 Å². The third-order valence-corrected chi connectivity index (χ3v) is 2.63. The lowest BCUT2D eigenvalue weighted by molar-refractivity contribution is -0.148. The van der Waals surface area contributed by atoms with Crippen LogP contribution < -0.4 is 10.1 Å². The second-order valence-corrected chi connectivity index (χ2v) is 4.05. The highest BCUT2D eigenvalue weighted by molar-refractivity contribution is 5.30. The average molecular weight is 283 g/mol. The van der Waals surface area contributed by atoms with E-state index < -0.39 is 30.5 Å². The Bertz CT molecular complexity index is 425. The van der Waals surface area contributed by atoms with Gasteiger partial charge in [0.05, 0.1) is 0 Å². The van der Waals surface area contributed by atoms with Crippen molar-refractivity contribution in [1.29, 1.82) is 0 Å². The van der Waals surface area contributed by atoms with Crippen LogP contribution in [-0.2, 0) is 0 Å². The van der Waals surface area contributed by atoms with E-state index in [4.69, 9.17) is 0 Å². The van der Waals surface area contributed by atoms with Gasteiger partial charge in [0.25, 0.3) is 0 Å². The summed E-state index contributed by atoms with van der Waals surface area (Å²) in [6.07, 6.45) is -3.85. The highest BCUT2D eigenvalue weighted by Crippen LogP contribution is 2.26. The molecule has 1 N–H and O–H groups in total. The highest BCUT2D eigenvalue weighted by Gasteiger charge is 2.41. The first kappa shape index (κ1) is 15.7. The summed E-state index contributed by atoms with van der Waals surface area (Å²) in [5, 5.41) is 2.87. The van der Waals surface area contributed by atoms with Crippen LogP contribution in [0.3, 0.4) is 0 Å². The van der Waals surface area contributed by atoms with E-state index >= 15 is 0 Å². The van der Waals surface area contributed by atoms with Crippen LogP contribution in [0, 0.1) is 5.82 Å². The highest BCUT2D eigenvalue weighted by atomic mass is 19.3. The lowest BCUT2D eigenvalue weighted by atomic mass is 10.1. The maximum atomic E-state index is 13.5. The Labute approximate surface area is 107 Å². The molecule has 0 spiro atoms. The second kappa shape index (κ2) is 6.18.